The zero-order chi connectivity index (χ0) is 23.4. The van der Waals surface area contributed by atoms with Crippen molar-refractivity contribution in [3.63, 3.8) is 0 Å². The molecule has 10 heteroatoms. The molecule has 0 atom stereocenters. The third kappa shape index (κ3) is 5.70. The van der Waals surface area contributed by atoms with E-state index in [-0.39, 0.29) is 12.5 Å². The van der Waals surface area contributed by atoms with Gasteiger partial charge in [-0.05, 0) is 32.4 Å². The third-order valence-corrected chi connectivity index (χ3v) is 6.68. The monoisotopic (exact) mass is 467 g/mol. The topological polar surface area (TPSA) is 107 Å². The number of anilines is 2. The maximum Gasteiger partial charge on any atom is 0.267 e. The van der Waals surface area contributed by atoms with E-state index >= 15 is 0 Å². The van der Waals surface area contributed by atoms with E-state index in [4.69, 9.17) is 5.11 Å². The van der Waals surface area contributed by atoms with Crippen LogP contribution in [-0.4, -0.2) is 75.2 Å². The van der Waals surface area contributed by atoms with Gasteiger partial charge in [-0.25, -0.2) is 15.0 Å². The fourth-order valence-corrected chi connectivity index (χ4v) is 4.75. The van der Waals surface area contributed by atoms with Gasteiger partial charge >= 0.3 is 0 Å². The molecule has 1 saturated heterocycles. The van der Waals surface area contributed by atoms with E-state index < -0.39 is 0 Å². The number of aliphatic hydroxyl groups is 1. The summed E-state index contributed by atoms with van der Waals surface area (Å²) < 4.78 is 0. The van der Waals surface area contributed by atoms with Crippen LogP contribution in [0.1, 0.15) is 37.5 Å². The van der Waals surface area contributed by atoms with Crippen LogP contribution >= 0.6 is 11.3 Å². The Labute approximate surface area is 197 Å². The standard InChI is InChI=1S/C23H29N7O2S/c1-15-4-5-24-16(2)22(15)28-23(32)19-14-25-21(33-19)13-18-12-20(27-17(3)26-18)30-8-6-29(7-9-30)10-11-31/h4-5,12,14,31H,6-11,13H2,1-3H3,(H,28,32). The van der Waals surface area contributed by atoms with Crippen molar-refractivity contribution < 1.29 is 9.90 Å². The lowest BCUT2D eigenvalue weighted by Gasteiger charge is -2.35. The van der Waals surface area contributed by atoms with E-state index in [2.05, 4.69) is 35.1 Å². The van der Waals surface area contributed by atoms with Gasteiger partial charge in [-0.1, -0.05) is 0 Å². The number of hydrogen-bond acceptors (Lipinski definition) is 9. The molecular weight excluding hydrogens is 438 g/mol. The van der Waals surface area contributed by atoms with Gasteiger partial charge < -0.3 is 15.3 Å². The molecule has 0 aromatic carbocycles. The van der Waals surface area contributed by atoms with Crippen molar-refractivity contribution in [2.24, 2.45) is 0 Å². The van der Waals surface area contributed by atoms with Crippen LogP contribution < -0.4 is 10.2 Å². The predicted molar refractivity (Wildman–Crippen MR) is 129 cm³/mol. The molecule has 3 aromatic rings. The first-order valence-electron chi connectivity index (χ1n) is 11.0. The molecule has 0 radical (unpaired) electrons. The molecule has 1 aliphatic rings. The molecule has 1 fully saturated rings. The third-order valence-electron chi connectivity index (χ3n) is 5.69. The fourth-order valence-electron chi connectivity index (χ4n) is 3.92. The molecule has 3 aromatic heterocycles. The van der Waals surface area contributed by atoms with Gasteiger partial charge in [0.05, 0.1) is 34.9 Å². The second-order valence-electron chi connectivity index (χ2n) is 8.15. The Morgan fingerprint density at radius 2 is 1.94 bits per heavy atom. The van der Waals surface area contributed by atoms with Gasteiger partial charge in [0.1, 0.15) is 16.5 Å². The highest BCUT2D eigenvalue weighted by atomic mass is 32.1. The normalized spacial score (nSPS) is 14.5. The maximum atomic E-state index is 12.8. The van der Waals surface area contributed by atoms with E-state index in [0.717, 1.165) is 65.5 Å². The van der Waals surface area contributed by atoms with Crippen molar-refractivity contribution in [1.82, 2.24) is 24.8 Å². The van der Waals surface area contributed by atoms with Gasteiger partial charge in [0.2, 0.25) is 0 Å². The smallest absolute Gasteiger partial charge is 0.267 e. The largest absolute Gasteiger partial charge is 0.395 e. The van der Waals surface area contributed by atoms with Crippen molar-refractivity contribution >= 4 is 28.7 Å². The number of rotatable bonds is 7. The van der Waals surface area contributed by atoms with E-state index in [1.54, 1.807) is 12.4 Å². The van der Waals surface area contributed by atoms with Crippen LogP contribution in [0.2, 0.25) is 0 Å². The summed E-state index contributed by atoms with van der Waals surface area (Å²) >= 11 is 1.37. The SMILES string of the molecule is Cc1nc(Cc2ncc(C(=O)Nc3c(C)ccnc3C)s2)cc(N2CCN(CCO)CC2)n1. The van der Waals surface area contributed by atoms with Crippen molar-refractivity contribution in [3.05, 3.63) is 57.2 Å². The number of hydrogen-bond donors (Lipinski definition) is 2. The number of carbonyl (C=O) groups excluding carboxylic acids is 1. The molecule has 0 spiro atoms. The highest BCUT2D eigenvalue weighted by molar-refractivity contribution is 7.13. The minimum Gasteiger partial charge on any atom is -0.395 e. The minimum atomic E-state index is -0.182. The molecule has 4 heterocycles. The van der Waals surface area contributed by atoms with Gasteiger partial charge in [-0.15, -0.1) is 11.3 Å². The van der Waals surface area contributed by atoms with Gasteiger partial charge in [0.15, 0.2) is 0 Å². The number of aliphatic hydroxyl groups excluding tert-OH is 1. The highest BCUT2D eigenvalue weighted by Crippen LogP contribution is 2.23. The quantitative estimate of drug-likeness (QED) is 0.545. The first kappa shape index (κ1) is 23.2. The van der Waals surface area contributed by atoms with Crippen LogP contribution in [0.3, 0.4) is 0 Å². The molecule has 0 unspecified atom stereocenters. The number of nitrogens with one attached hydrogen (secondary N) is 1. The summed E-state index contributed by atoms with van der Waals surface area (Å²) in [4.78, 5) is 35.7. The van der Waals surface area contributed by atoms with Crippen LogP contribution in [0.25, 0.3) is 0 Å². The molecular formula is C23H29N7O2S. The number of carbonyl (C=O) groups is 1. The average Bonchev–Trinajstić information content (AvgIpc) is 3.25. The second-order valence-corrected chi connectivity index (χ2v) is 9.27. The van der Waals surface area contributed by atoms with Crippen molar-refractivity contribution in [2.45, 2.75) is 27.2 Å². The molecule has 4 rings (SSSR count). The lowest BCUT2D eigenvalue weighted by Crippen LogP contribution is -2.47. The highest BCUT2D eigenvalue weighted by Gasteiger charge is 2.19. The fraction of sp³-hybridized carbons (Fsp3) is 0.435. The molecule has 33 heavy (non-hydrogen) atoms. The Balaban J connectivity index is 1.43. The van der Waals surface area contributed by atoms with Crippen molar-refractivity contribution in [2.75, 3.05) is 49.5 Å². The van der Waals surface area contributed by atoms with Gasteiger partial charge in [0, 0.05) is 51.4 Å². The molecule has 174 valence electrons. The number of nitrogens with zero attached hydrogens (tertiary/aromatic N) is 6. The number of aryl methyl sites for hydroxylation is 3. The number of amides is 1. The van der Waals surface area contributed by atoms with E-state index in [9.17, 15) is 4.79 Å². The predicted octanol–water partition coefficient (Wildman–Crippen LogP) is 2.21. The molecule has 0 saturated carbocycles. The van der Waals surface area contributed by atoms with E-state index in [1.165, 1.54) is 11.3 Å². The molecule has 0 bridgehead atoms. The van der Waals surface area contributed by atoms with E-state index in [1.807, 2.05) is 32.9 Å². The Bertz CT molecular complexity index is 1110. The van der Waals surface area contributed by atoms with Gasteiger partial charge in [-0.2, -0.15) is 0 Å². The summed E-state index contributed by atoms with van der Waals surface area (Å²) in [5.41, 5.74) is 3.39. The summed E-state index contributed by atoms with van der Waals surface area (Å²) in [7, 11) is 0. The summed E-state index contributed by atoms with van der Waals surface area (Å²) in [5.74, 6) is 1.45. The van der Waals surface area contributed by atoms with Crippen molar-refractivity contribution in [1.29, 1.82) is 0 Å². The van der Waals surface area contributed by atoms with Crippen LogP contribution in [0.4, 0.5) is 11.5 Å². The second kappa shape index (κ2) is 10.3. The number of piperazine rings is 1. The molecule has 0 aliphatic carbocycles. The first-order valence-corrected chi connectivity index (χ1v) is 11.9. The van der Waals surface area contributed by atoms with Gasteiger partial charge in [0.25, 0.3) is 5.91 Å². The first-order chi connectivity index (χ1) is 15.9. The maximum absolute atomic E-state index is 12.8. The summed E-state index contributed by atoms with van der Waals surface area (Å²) in [5, 5.41) is 12.9. The number of pyridine rings is 1. The Morgan fingerprint density at radius 1 is 1.15 bits per heavy atom. The number of aromatic nitrogens is 4. The zero-order valence-corrected chi connectivity index (χ0v) is 20.0. The summed E-state index contributed by atoms with van der Waals surface area (Å²) in [6.45, 7) is 10.2. The Hall–Kier alpha value is -2.95. The lowest BCUT2D eigenvalue weighted by molar-refractivity contribution is 0.103. The summed E-state index contributed by atoms with van der Waals surface area (Å²) in [6.07, 6.45) is 3.90. The minimum absolute atomic E-state index is 0.182. The van der Waals surface area contributed by atoms with Crippen LogP contribution in [0, 0.1) is 20.8 Å². The summed E-state index contributed by atoms with van der Waals surface area (Å²) in [6, 6.07) is 3.89. The average molecular weight is 468 g/mol. The van der Waals surface area contributed by atoms with Gasteiger partial charge in [-0.3, -0.25) is 14.7 Å². The molecule has 9 nitrogen and oxygen atoms in total. The molecule has 1 amide bonds. The van der Waals surface area contributed by atoms with Crippen LogP contribution in [0.5, 0.6) is 0 Å². The molecule has 2 N–H and O–H groups in total. The number of thiazole rings is 1. The zero-order valence-electron chi connectivity index (χ0n) is 19.2. The lowest BCUT2D eigenvalue weighted by atomic mass is 10.2. The van der Waals surface area contributed by atoms with Crippen LogP contribution in [-0.2, 0) is 6.42 Å². The van der Waals surface area contributed by atoms with E-state index in [0.29, 0.717) is 17.8 Å². The Morgan fingerprint density at radius 3 is 2.67 bits per heavy atom. The molecule has 1 aliphatic heterocycles. The Kier molecular flexibility index (Phi) is 7.26. The van der Waals surface area contributed by atoms with Crippen molar-refractivity contribution in [3.8, 4) is 0 Å². The number of β-amino-alcohol motifs (C(OH)–C–C–N with tert-alkyl or cyclic N) is 1. The van der Waals surface area contributed by atoms with Crippen LogP contribution in [0.15, 0.2) is 24.5 Å².